The molecule has 1 aliphatic rings. The first-order chi connectivity index (χ1) is 21.8. The van der Waals surface area contributed by atoms with Gasteiger partial charge in [0.15, 0.2) is 0 Å². The normalized spacial score (nSPS) is 15.2. The minimum absolute atomic E-state index is 0.0268. The van der Waals surface area contributed by atoms with Crippen LogP contribution in [0.3, 0.4) is 0 Å². The molecule has 1 saturated heterocycles. The molecule has 1 fully saturated rings. The molecule has 3 aromatic carbocycles. The molecule has 0 radical (unpaired) electrons. The second-order valence-electron chi connectivity index (χ2n) is 11.3. The summed E-state index contributed by atoms with van der Waals surface area (Å²) in [6, 6.07) is 9.45. The average Bonchev–Trinajstić information content (AvgIpc) is 3.46. The smallest absolute Gasteiger partial charge is 0.0130 e. The van der Waals surface area contributed by atoms with Gasteiger partial charge in [-0.1, -0.05) is 24.1 Å². The maximum atomic E-state index is 13.9. The van der Waals surface area contributed by atoms with Crippen LogP contribution in [0.4, 0.5) is 32.0 Å². The van der Waals surface area contributed by atoms with Gasteiger partial charge in [0.2, 0.25) is 0 Å². The molecule has 262 valence electrons. The molecule has 0 spiro atoms. The number of aromatic hydroxyl groups is 1. The first-order valence-electron chi connectivity index (χ1n) is 14.7. The van der Waals surface area contributed by atoms with Gasteiger partial charge in [0.25, 0.3) is 0 Å². The molecule has 0 saturated carbocycles. The predicted octanol–water partition coefficient (Wildman–Crippen LogP) is 10.1. The van der Waals surface area contributed by atoms with Crippen LogP contribution in [0.1, 0.15) is 67.0 Å². The Bertz CT molecular complexity index is 1580. The molecule has 1 atom stereocenters. The minimum atomic E-state index is -5.09. The number of aliphatic hydroxyl groups is 1. The molecule has 0 aromatic heterocycles. The number of hydrogen-bond acceptors (Lipinski definition) is 3. The fourth-order valence-corrected chi connectivity index (χ4v) is 9.25. The summed E-state index contributed by atoms with van der Waals surface area (Å²) in [5.41, 5.74) is 2.80. The standard InChI is InChI=1S/C20H19F6O3P.C13H18N.2ClH.Ru/c1-5-28-30(27,16-6-7-18(13(4)8-16)29-12(2)3)17-10-14(19(21,22)23)9-15(11-17)20(24,25)26;1-10-8-11(2)13(12(3)9-10)14-6-4-5-7-14;;;/h4,6-12H,5H2,1-3H3;6,8-9H,4-5,7H2,1-3H3;2*1H;/q;-1;;;+2/p-1. The van der Waals surface area contributed by atoms with Crippen molar-refractivity contribution in [1.29, 1.82) is 0 Å². The molecule has 0 aliphatic carbocycles. The molecule has 1 unspecified atom stereocenters. The fraction of sp³-hybridized carbons (Fsp3) is 0.394. The third-order valence-corrected chi connectivity index (χ3v) is 11.4. The largest absolute Gasteiger partial charge is 0.522 e. The van der Waals surface area contributed by atoms with Gasteiger partial charge in [0, 0.05) is 5.69 Å². The second kappa shape index (κ2) is 16.2. The molecule has 4 rings (SSSR count). The quantitative estimate of drug-likeness (QED) is 0.0748. The Morgan fingerprint density at radius 2 is 1.53 bits per heavy atom. The van der Waals surface area contributed by atoms with Crippen molar-refractivity contribution >= 4 is 47.7 Å². The van der Waals surface area contributed by atoms with Crippen LogP contribution in [0.5, 0.6) is 5.75 Å². The van der Waals surface area contributed by atoms with Gasteiger partial charge in [-0.05, 0) is 38.4 Å². The van der Waals surface area contributed by atoms with E-state index < -0.39 is 49.7 Å². The van der Waals surface area contributed by atoms with Crippen molar-refractivity contribution in [3.8, 4) is 5.75 Å². The van der Waals surface area contributed by atoms with E-state index >= 15 is 0 Å². The van der Waals surface area contributed by atoms with Crippen LogP contribution in [0.25, 0.3) is 0 Å². The first-order valence-corrected chi connectivity index (χ1v) is 21.8. The molecule has 14 heteroatoms. The summed E-state index contributed by atoms with van der Waals surface area (Å²) >= 11 is -2.41. The van der Waals surface area contributed by atoms with Gasteiger partial charge < -0.3 is 4.90 Å². The number of anilines is 1. The monoisotopic (exact) mass is 813 g/mol. The Morgan fingerprint density at radius 3 is 1.98 bits per heavy atom. The molecule has 1 N–H and O–H groups in total. The number of halogens is 8. The zero-order valence-corrected chi connectivity index (χ0v) is 30.9. The molecule has 4 nitrogen and oxygen atoms in total. The van der Waals surface area contributed by atoms with Crippen LogP contribution in [0.15, 0.2) is 48.5 Å². The minimum Gasteiger partial charge on any atom is -0.522 e. The van der Waals surface area contributed by atoms with Gasteiger partial charge in [0.1, 0.15) is 0 Å². The van der Waals surface area contributed by atoms with Crippen LogP contribution in [0, 0.1) is 27.3 Å². The molecule has 1 aliphatic heterocycles. The molecule has 47 heavy (non-hydrogen) atoms. The number of benzene rings is 3. The Labute approximate surface area is 285 Å². The van der Waals surface area contributed by atoms with Crippen molar-refractivity contribution in [2.75, 3.05) is 18.1 Å². The van der Waals surface area contributed by atoms with Gasteiger partial charge in [-0.2, -0.15) is 6.42 Å². The van der Waals surface area contributed by atoms with Crippen LogP contribution in [-0.4, -0.2) is 28.6 Å². The third-order valence-electron chi connectivity index (χ3n) is 7.03. The van der Waals surface area contributed by atoms with E-state index in [-0.39, 0.29) is 24.1 Å². The van der Waals surface area contributed by atoms with E-state index in [2.05, 4.69) is 49.1 Å². The Balaban J connectivity index is 0.000000353. The summed E-state index contributed by atoms with van der Waals surface area (Å²) in [6.45, 7) is 14.9. The van der Waals surface area contributed by atoms with Gasteiger partial charge >= 0.3 is 200 Å². The summed E-state index contributed by atoms with van der Waals surface area (Å²) < 4.78 is 105. The second-order valence-corrected chi connectivity index (χ2v) is 19.4. The summed E-state index contributed by atoms with van der Waals surface area (Å²) in [5.74, 6) is 0.442. The van der Waals surface area contributed by atoms with E-state index in [1.54, 1.807) is 13.8 Å². The van der Waals surface area contributed by atoms with E-state index in [1.165, 1.54) is 71.5 Å². The Hall–Kier alpha value is -1.90. The van der Waals surface area contributed by atoms with Crippen LogP contribution >= 0.6 is 26.8 Å². The molecular weight excluding hydrogens is 775 g/mol. The number of nitrogens with zero attached hydrogens (tertiary/aromatic N) is 1. The van der Waals surface area contributed by atoms with Crippen molar-refractivity contribution in [2.45, 2.75) is 72.8 Å². The molecule has 1 heterocycles. The van der Waals surface area contributed by atoms with E-state index in [4.69, 9.17) is 23.9 Å². The summed E-state index contributed by atoms with van der Waals surface area (Å²) in [4.78, 5) is 2.41. The van der Waals surface area contributed by atoms with Gasteiger partial charge in [0.05, 0.1) is 0 Å². The molecular formula is C33H38Cl2F6NO3PRu. The first kappa shape index (κ1) is 39.5. The average molecular weight is 814 g/mol. The van der Waals surface area contributed by atoms with Gasteiger partial charge in [-0.25, -0.2) is 6.54 Å². The number of hydrogen-bond donors (Lipinski definition) is 0. The summed E-state index contributed by atoms with van der Waals surface area (Å²) in [7, 11) is 7.56. The number of alkyl halides is 6. The van der Waals surface area contributed by atoms with Gasteiger partial charge in [-0.3, -0.25) is 0 Å². The van der Waals surface area contributed by atoms with Crippen molar-refractivity contribution in [1.82, 2.24) is 0 Å². The topological polar surface area (TPSA) is 42.3 Å². The van der Waals surface area contributed by atoms with Crippen molar-refractivity contribution in [2.24, 2.45) is 0 Å². The zero-order valence-electron chi connectivity index (χ0n) is 26.7. The third kappa shape index (κ3) is 10.5. The number of ether oxygens (including phenoxy) is 1. The molecule has 0 bridgehead atoms. The fourth-order valence-electron chi connectivity index (χ4n) is 5.30. The van der Waals surface area contributed by atoms with E-state index in [9.17, 15) is 30.9 Å². The van der Waals surface area contributed by atoms with Crippen LogP contribution in [0.2, 0.25) is 0 Å². The Morgan fingerprint density at radius 1 is 0.957 bits per heavy atom. The molecule has 3 aromatic rings. The number of aryl methyl sites for hydroxylation is 3. The SMILES string of the molecule is CCOP(=O)(c1cc(C(F)(F)F)cc(C(F)(F)F)c1)c1ccc([OH+]C(C)C)c([CH]=[Ru]([Cl])[Cl])c1.Cc1cc(C)c(N2[CH-]CCC2)c(C)c1. The van der Waals surface area contributed by atoms with Crippen molar-refractivity contribution < 1.29 is 53.7 Å². The molecule has 0 amide bonds. The van der Waals surface area contributed by atoms with E-state index in [1.807, 2.05) is 0 Å². The maximum Gasteiger partial charge on any atom is 0.0130 e. The number of rotatable bonds is 8. The van der Waals surface area contributed by atoms with Crippen molar-refractivity contribution in [3.63, 3.8) is 0 Å². The van der Waals surface area contributed by atoms with Crippen LogP contribution in [-0.2, 0) is 35.0 Å². The van der Waals surface area contributed by atoms with E-state index in [0.29, 0.717) is 23.4 Å². The summed E-state index contributed by atoms with van der Waals surface area (Å²) in [6.07, 6.45) is -7.80. The van der Waals surface area contributed by atoms with Crippen LogP contribution < -0.4 is 15.5 Å². The van der Waals surface area contributed by atoms with E-state index in [0.717, 1.165) is 0 Å². The van der Waals surface area contributed by atoms with Crippen molar-refractivity contribution in [3.05, 3.63) is 88.5 Å². The summed E-state index contributed by atoms with van der Waals surface area (Å²) in [5, 5.41) is -0.827. The van der Waals surface area contributed by atoms with Gasteiger partial charge in [-0.15, -0.1) is 0 Å². The zero-order chi connectivity index (χ0) is 35.3. The predicted molar refractivity (Wildman–Crippen MR) is 177 cm³/mol. The maximum absolute atomic E-state index is 13.9. The Kier molecular flexibility index (Phi) is 13.6.